The monoisotopic (exact) mass is 254 g/mol. The minimum atomic E-state index is -1.67. The van der Waals surface area contributed by atoms with E-state index in [0.717, 1.165) is 0 Å². The van der Waals surface area contributed by atoms with Gasteiger partial charge < -0.3 is 19.9 Å². The zero-order valence-electron chi connectivity index (χ0n) is 9.19. The molecule has 4 atom stereocenters. The van der Waals surface area contributed by atoms with Crippen molar-refractivity contribution in [3.05, 3.63) is 18.3 Å². The first-order chi connectivity index (χ1) is 8.70. The quantitative estimate of drug-likeness (QED) is 0.666. The lowest BCUT2D eigenvalue weighted by molar-refractivity contribution is -0.0248. The number of aliphatic hydroxyl groups excluding tert-OH is 2. The van der Waals surface area contributed by atoms with Gasteiger partial charge in [0.25, 0.3) is 0 Å². The molecule has 8 heteroatoms. The second-order valence-electron chi connectivity index (χ2n) is 4.08. The number of aromatic amines is 1. The summed E-state index contributed by atoms with van der Waals surface area (Å²) in [5.41, 5.74) is 1.03. The van der Waals surface area contributed by atoms with Crippen LogP contribution in [0.15, 0.2) is 12.5 Å². The van der Waals surface area contributed by atoms with Gasteiger partial charge in [-0.2, -0.15) is 0 Å². The molecule has 0 unspecified atom stereocenters. The smallest absolute Gasteiger partial charge is 0.180 e. The van der Waals surface area contributed by atoms with Crippen LogP contribution in [-0.4, -0.2) is 55.1 Å². The van der Waals surface area contributed by atoms with Crippen molar-refractivity contribution in [3.8, 4) is 0 Å². The maximum Gasteiger partial charge on any atom is 0.180 e. The number of alkyl halides is 1. The van der Waals surface area contributed by atoms with Gasteiger partial charge in [-0.3, -0.25) is 0 Å². The van der Waals surface area contributed by atoms with Crippen molar-refractivity contribution in [2.24, 2.45) is 0 Å². The minimum Gasteiger partial charge on any atom is -0.394 e. The van der Waals surface area contributed by atoms with Crippen LogP contribution in [-0.2, 0) is 4.74 Å². The van der Waals surface area contributed by atoms with Crippen molar-refractivity contribution in [2.45, 2.75) is 24.5 Å². The molecule has 3 rings (SSSR count). The maximum atomic E-state index is 13.8. The number of aliphatic hydroxyl groups is 2. The molecule has 0 saturated carbocycles. The van der Waals surface area contributed by atoms with Gasteiger partial charge in [-0.05, 0) is 0 Å². The number of hydrogen-bond donors (Lipinski definition) is 3. The third kappa shape index (κ3) is 1.65. The van der Waals surface area contributed by atoms with Crippen LogP contribution in [0.1, 0.15) is 11.9 Å². The Bertz CT molecular complexity index is 563. The van der Waals surface area contributed by atoms with Crippen molar-refractivity contribution in [2.75, 3.05) is 6.61 Å². The van der Waals surface area contributed by atoms with Gasteiger partial charge in [0.1, 0.15) is 17.7 Å². The summed E-state index contributed by atoms with van der Waals surface area (Å²) < 4.78 is 19.0. The molecule has 1 saturated heterocycles. The Morgan fingerprint density at radius 1 is 1.44 bits per heavy atom. The SMILES string of the molecule is OC[C@@H]1O[C@H](c2ncc3[nH]cnc3n2)[C@H](F)[C@H]1O. The minimum absolute atomic E-state index is 0.108. The predicted molar refractivity (Wildman–Crippen MR) is 57.3 cm³/mol. The zero-order valence-corrected chi connectivity index (χ0v) is 9.19. The molecule has 0 amide bonds. The van der Waals surface area contributed by atoms with Gasteiger partial charge in [0.15, 0.2) is 23.7 Å². The molecule has 1 aliphatic heterocycles. The molecule has 18 heavy (non-hydrogen) atoms. The molecule has 1 aliphatic rings. The van der Waals surface area contributed by atoms with Crippen LogP contribution in [0, 0.1) is 0 Å². The number of fused-ring (bicyclic) bond motifs is 1. The molecular weight excluding hydrogens is 243 g/mol. The van der Waals surface area contributed by atoms with Crippen molar-refractivity contribution >= 4 is 11.2 Å². The Morgan fingerprint density at radius 3 is 3.00 bits per heavy atom. The molecular formula is C10H11FN4O3. The van der Waals surface area contributed by atoms with E-state index in [9.17, 15) is 9.50 Å². The van der Waals surface area contributed by atoms with E-state index in [1.807, 2.05) is 0 Å². The summed E-state index contributed by atoms with van der Waals surface area (Å²) in [6.07, 6.45) is -2.16. The molecule has 3 heterocycles. The first kappa shape index (κ1) is 11.5. The predicted octanol–water partition coefficient (Wildman–Crippen LogP) is -0.516. The average molecular weight is 254 g/mol. The molecule has 0 bridgehead atoms. The number of halogens is 1. The normalized spacial score (nSPS) is 32.2. The highest BCUT2D eigenvalue weighted by molar-refractivity contribution is 5.68. The van der Waals surface area contributed by atoms with Gasteiger partial charge >= 0.3 is 0 Å². The molecule has 96 valence electrons. The summed E-state index contributed by atoms with van der Waals surface area (Å²) in [4.78, 5) is 14.8. The van der Waals surface area contributed by atoms with E-state index >= 15 is 0 Å². The van der Waals surface area contributed by atoms with E-state index in [-0.39, 0.29) is 5.82 Å². The van der Waals surface area contributed by atoms with E-state index in [0.29, 0.717) is 11.2 Å². The molecule has 0 spiro atoms. The van der Waals surface area contributed by atoms with Crippen LogP contribution in [0.5, 0.6) is 0 Å². The number of aromatic nitrogens is 4. The summed E-state index contributed by atoms with van der Waals surface area (Å²) in [6.45, 7) is -0.456. The summed E-state index contributed by atoms with van der Waals surface area (Å²) in [6, 6.07) is 0. The van der Waals surface area contributed by atoms with Crippen molar-refractivity contribution in [3.63, 3.8) is 0 Å². The Kier molecular flexibility index (Phi) is 2.69. The molecule has 3 N–H and O–H groups in total. The third-order valence-electron chi connectivity index (χ3n) is 2.95. The molecule has 1 fully saturated rings. The molecule has 7 nitrogen and oxygen atoms in total. The van der Waals surface area contributed by atoms with E-state index < -0.39 is 31.1 Å². The molecule has 0 aliphatic carbocycles. The van der Waals surface area contributed by atoms with E-state index in [1.54, 1.807) is 0 Å². The molecule has 2 aromatic rings. The van der Waals surface area contributed by atoms with E-state index in [4.69, 9.17) is 9.84 Å². The van der Waals surface area contributed by atoms with Crippen molar-refractivity contribution in [1.29, 1.82) is 0 Å². The summed E-state index contributed by atoms with van der Waals surface area (Å²) >= 11 is 0. The highest BCUT2D eigenvalue weighted by Gasteiger charge is 2.46. The van der Waals surface area contributed by atoms with Crippen LogP contribution < -0.4 is 0 Å². The van der Waals surface area contributed by atoms with Gasteiger partial charge in [-0.15, -0.1) is 0 Å². The number of rotatable bonds is 2. The summed E-state index contributed by atoms with van der Waals surface area (Å²) in [7, 11) is 0. The van der Waals surface area contributed by atoms with E-state index in [1.165, 1.54) is 12.5 Å². The van der Waals surface area contributed by atoms with Crippen LogP contribution in [0.3, 0.4) is 0 Å². The second kappa shape index (κ2) is 4.23. The number of ether oxygens (including phenoxy) is 1. The Morgan fingerprint density at radius 2 is 2.28 bits per heavy atom. The number of nitrogens with one attached hydrogen (secondary N) is 1. The molecule has 0 aromatic carbocycles. The van der Waals surface area contributed by atoms with Crippen molar-refractivity contribution in [1.82, 2.24) is 19.9 Å². The lowest BCUT2D eigenvalue weighted by Gasteiger charge is -2.10. The van der Waals surface area contributed by atoms with Gasteiger partial charge in [-0.25, -0.2) is 19.3 Å². The van der Waals surface area contributed by atoms with Gasteiger partial charge in [0, 0.05) is 0 Å². The van der Waals surface area contributed by atoms with E-state index in [2.05, 4.69) is 19.9 Å². The topological polar surface area (TPSA) is 104 Å². The van der Waals surface area contributed by atoms with Gasteiger partial charge in [-0.1, -0.05) is 0 Å². The Balaban J connectivity index is 1.94. The fourth-order valence-corrected chi connectivity index (χ4v) is 1.97. The fourth-order valence-electron chi connectivity index (χ4n) is 1.97. The van der Waals surface area contributed by atoms with Crippen LogP contribution in [0.2, 0.25) is 0 Å². The average Bonchev–Trinajstić information content (AvgIpc) is 2.95. The van der Waals surface area contributed by atoms with Crippen molar-refractivity contribution < 1.29 is 19.3 Å². The number of nitrogens with zero attached hydrogens (tertiary/aromatic N) is 3. The highest BCUT2D eigenvalue weighted by atomic mass is 19.1. The lowest BCUT2D eigenvalue weighted by atomic mass is 10.1. The van der Waals surface area contributed by atoms with Gasteiger partial charge in [0.05, 0.1) is 19.1 Å². The number of H-pyrrole nitrogens is 1. The molecule has 0 radical (unpaired) electrons. The highest BCUT2D eigenvalue weighted by Crippen LogP contribution is 2.34. The summed E-state index contributed by atoms with van der Waals surface area (Å²) in [5.74, 6) is 0.108. The van der Waals surface area contributed by atoms with Crippen LogP contribution in [0.25, 0.3) is 11.2 Å². The summed E-state index contributed by atoms with van der Waals surface area (Å²) in [5, 5.41) is 18.5. The Hall–Kier alpha value is -1.64. The van der Waals surface area contributed by atoms with Gasteiger partial charge in [0.2, 0.25) is 0 Å². The lowest BCUT2D eigenvalue weighted by Crippen LogP contribution is -2.30. The first-order valence-corrected chi connectivity index (χ1v) is 5.45. The number of imidazole rings is 1. The third-order valence-corrected chi connectivity index (χ3v) is 2.95. The standard InChI is InChI=1S/C10H11FN4O3/c11-6-7(17)5(2-16)18-8(6)10-12-1-4-9(15-10)14-3-13-4/h1,3,5-8,16-17H,2H2,(H,12,13,14,15)/t5-,6+,7-,8-/m0/s1. The first-order valence-electron chi connectivity index (χ1n) is 5.45. The van der Waals surface area contributed by atoms with Crippen LogP contribution >= 0.6 is 0 Å². The number of hydrogen-bond acceptors (Lipinski definition) is 6. The Labute approximate surface area is 101 Å². The second-order valence-corrected chi connectivity index (χ2v) is 4.08. The zero-order chi connectivity index (χ0) is 12.7. The fraction of sp³-hybridized carbons (Fsp3) is 0.500. The van der Waals surface area contributed by atoms with Crippen LogP contribution in [0.4, 0.5) is 4.39 Å². The maximum absolute atomic E-state index is 13.8. The largest absolute Gasteiger partial charge is 0.394 e. The molecule has 2 aromatic heterocycles.